The molecule has 2 aromatic rings. The van der Waals surface area contributed by atoms with Crippen molar-refractivity contribution in [2.24, 2.45) is 10.7 Å². The Labute approximate surface area is 146 Å². The second kappa shape index (κ2) is 8.93. The highest BCUT2D eigenvalue weighted by Crippen LogP contribution is 2.14. The summed E-state index contributed by atoms with van der Waals surface area (Å²) in [5.41, 5.74) is 7.70. The number of carbonyl (C=O) groups is 1. The van der Waals surface area contributed by atoms with Gasteiger partial charge in [0.1, 0.15) is 0 Å². The zero-order chi connectivity index (χ0) is 17.4. The highest BCUT2D eigenvalue weighted by molar-refractivity contribution is 6.31. The molecular formula is C18H21ClN4O. The topological polar surface area (TPSA) is 79.5 Å². The predicted molar refractivity (Wildman–Crippen MR) is 98.1 cm³/mol. The van der Waals surface area contributed by atoms with Gasteiger partial charge in [-0.2, -0.15) is 0 Å². The van der Waals surface area contributed by atoms with E-state index in [1.54, 1.807) is 18.2 Å². The van der Waals surface area contributed by atoms with Crippen LogP contribution in [0.25, 0.3) is 0 Å². The Morgan fingerprint density at radius 1 is 1.17 bits per heavy atom. The van der Waals surface area contributed by atoms with E-state index in [1.807, 2.05) is 37.3 Å². The molecule has 0 saturated heterocycles. The molecule has 6 heteroatoms. The maximum atomic E-state index is 11.2. The number of hydrogen-bond donors (Lipinski definition) is 3. The lowest BCUT2D eigenvalue weighted by Gasteiger charge is -2.12. The summed E-state index contributed by atoms with van der Waals surface area (Å²) in [6.45, 7) is 3.77. The molecule has 1 amide bonds. The number of nitrogens with zero attached hydrogens (tertiary/aromatic N) is 1. The Bertz CT molecular complexity index is 730. The maximum Gasteiger partial charge on any atom is 0.248 e. The van der Waals surface area contributed by atoms with Crippen molar-refractivity contribution in [3.63, 3.8) is 0 Å². The third-order valence-electron chi connectivity index (χ3n) is 3.38. The van der Waals surface area contributed by atoms with Gasteiger partial charge in [-0.15, -0.1) is 0 Å². The van der Waals surface area contributed by atoms with Crippen LogP contribution in [0, 0.1) is 0 Å². The van der Waals surface area contributed by atoms with Crippen molar-refractivity contribution >= 4 is 23.5 Å². The molecule has 0 fully saturated rings. The minimum absolute atomic E-state index is 0.440. The molecule has 24 heavy (non-hydrogen) atoms. The molecule has 2 aromatic carbocycles. The number of amides is 1. The number of nitrogens with one attached hydrogen (secondary N) is 2. The number of aliphatic imine (C=N–C) groups is 1. The summed E-state index contributed by atoms with van der Waals surface area (Å²) in [4.78, 5) is 15.8. The first-order valence-corrected chi connectivity index (χ1v) is 8.12. The first kappa shape index (κ1) is 17.8. The second-order valence-electron chi connectivity index (χ2n) is 5.20. The lowest BCUT2D eigenvalue weighted by Crippen LogP contribution is -2.36. The summed E-state index contributed by atoms with van der Waals surface area (Å²) in [5.74, 6) is 0.242. The van der Waals surface area contributed by atoms with Gasteiger partial charge in [-0.3, -0.25) is 4.79 Å². The summed E-state index contributed by atoms with van der Waals surface area (Å²) < 4.78 is 0. The Kier molecular flexibility index (Phi) is 6.63. The monoisotopic (exact) mass is 344 g/mol. The largest absolute Gasteiger partial charge is 0.366 e. The second-order valence-corrected chi connectivity index (χ2v) is 5.61. The fourth-order valence-corrected chi connectivity index (χ4v) is 2.36. The Hall–Kier alpha value is -2.53. The average molecular weight is 345 g/mol. The van der Waals surface area contributed by atoms with Gasteiger partial charge < -0.3 is 16.4 Å². The molecule has 0 aliphatic heterocycles. The van der Waals surface area contributed by atoms with Crippen molar-refractivity contribution in [3.05, 3.63) is 70.2 Å². The quantitative estimate of drug-likeness (QED) is 0.557. The zero-order valence-electron chi connectivity index (χ0n) is 13.6. The third-order valence-corrected chi connectivity index (χ3v) is 3.75. The highest BCUT2D eigenvalue weighted by Gasteiger charge is 2.03. The van der Waals surface area contributed by atoms with Crippen LogP contribution >= 0.6 is 11.6 Å². The summed E-state index contributed by atoms with van der Waals surface area (Å²) in [6.07, 6.45) is 0. The van der Waals surface area contributed by atoms with Crippen molar-refractivity contribution in [2.45, 2.75) is 20.0 Å². The fraction of sp³-hybridized carbons (Fsp3) is 0.222. The zero-order valence-corrected chi connectivity index (χ0v) is 14.3. The lowest BCUT2D eigenvalue weighted by atomic mass is 10.1. The van der Waals surface area contributed by atoms with Gasteiger partial charge in [-0.1, -0.05) is 41.9 Å². The molecule has 0 aromatic heterocycles. The van der Waals surface area contributed by atoms with Crippen LogP contribution < -0.4 is 16.4 Å². The van der Waals surface area contributed by atoms with Gasteiger partial charge in [0.15, 0.2) is 5.96 Å². The summed E-state index contributed by atoms with van der Waals surface area (Å²) in [5, 5.41) is 7.15. The molecule has 4 N–H and O–H groups in total. The maximum absolute atomic E-state index is 11.2. The molecule has 0 spiro atoms. The number of hydrogen-bond acceptors (Lipinski definition) is 2. The molecule has 0 unspecified atom stereocenters. The van der Waals surface area contributed by atoms with E-state index in [0.717, 1.165) is 22.7 Å². The van der Waals surface area contributed by atoms with Crippen LogP contribution in [-0.2, 0) is 13.1 Å². The third kappa shape index (κ3) is 5.28. The highest BCUT2D eigenvalue weighted by atomic mass is 35.5. The minimum atomic E-state index is -0.440. The van der Waals surface area contributed by atoms with Gasteiger partial charge in [0, 0.05) is 23.7 Å². The molecule has 0 bridgehead atoms. The lowest BCUT2D eigenvalue weighted by molar-refractivity contribution is 0.1000. The first-order valence-electron chi connectivity index (χ1n) is 7.74. The summed E-state index contributed by atoms with van der Waals surface area (Å²) in [6, 6.07) is 14.8. The fourth-order valence-electron chi connectivity index (χ4n) is 2.16. The number of carbonyl (C=O) groups excluding carboxylic acids is 1. The van der Waals surface area contributed by atoms with E-state index in [2.05, 4.69) is 15.6 Å². The first-order chi connectivity index (χ1) is 11.6. The standard InChI is InChI=1S/C18H21ClN4O/c1-2-21-18(23-12-15-7-3-4-9-16(15)19)22-11-13-6-5-8-14(10-13)17(20)24/h3-10H,2,11-12H2,1H3,(H2,20,24)(H2,21,22,23). The number of rotatable bonds is 6. The van der Waals surface area contributed by atoms with Gasteiger partial charge >= 0.3 is 0 Å². The Morgan fingerprint density at radius 3 is 2.67 bits per heavy atom. The molecule has 0 saturated carbocycles. The molecular weight excluding hydrogens is 324 g/mol. The number of benzene rings is 2. The molecule has 0 heterocycles. The Morgan fingerprint density at radius 2 is 1.96 bits per heavy atom. The molecule has 2 rings (SSSR count). The van der Waals surface area contributed by atoms with Crippen LogP contribution in [0.2, 0.25) is 5.02 Å². The van der Waals surface area contributed by atoms with E-state index in [-0.39, 0.29) is 0 Å². The van der Waals surface area contributed by atoms with Crippen LogP contribution in [0.3, 0.4) is 0 Å². The number of primary amides is 1. The average Bonchev–Trinajstić information content (AvgIpc) is 2.59. The van der Waals surface area contributed by atoms with Crippen LogP contribution in [-0.4, -0.2) is 18.4 Å². The summed E-state index contributed by atoms with van der Waals surface area (Å²) >= 11 is 6.16. The molecule has 126 valence electrons. The van der Waals surface area contributed by atoms with Crippen molar-refractivity contribution < 1.29 is 4.79 Å². The smallest absolute Gasteiger partial charge is 0.248 e. The number of nitrogens with two attached hydrogens (primary N) is 1. The van der Waals surface area contributed by atoms with Gasteiger partial charge in [0.05, 0.1) is 6.54 Å². The Balaban J connectivity index is 2.04. The van der Waals surface area contributed by atoms with Crippen molar-refractivity contribution in [2.75, 3.05) is 6.54 Å². The molecule has 0 aliphatic carbocycles. The van der Waals surface area contributed by atoms with Gasteiger partial charge in [-0.05, 0) is 36.2 Å². The van der Waals surface area contributed by atoms with Crippen molar-refractivity contribution in [1.82, 2.24) is 10.6 Å². The van der Waals surface area contributed by atoms with E-state index in [1.165, 1.54) is 0 Å². The van der Waals surface area contributed by atoms with Crippen LogP contribution in [0.1, 0.15) is 28.4 Å². The molecule has 0 aliphatic rings. The number of halogens is 1. The van der Waals surface area contributed by atoms with E-state index in [4.69, 9.17) is 17.3 Å². The van der Waals surface area contributed by atoms with Crippen LogP contribution in [0.4, 0.5) is 0 Å². The van der Waals surface area contributed by atoms with E-state index in [0.29, 0.717) is 24.6 Å². The van der Waals surface area contributed by atoms with Crippen molar-refractivity contribution in [1.29, 1.82) is 0 Å². The van der Waals surface area contributed by atoms with Crippen molar-refractivity contribution in [3.8, 4) is 0 Å². The van der Waals surface area contributed by atoms with Gasteiger partial charge in [0.2, 0.25) is 5.91 Å². The van der Waals surface area contributed by atoms with E-state index in [9.17, 15) is 4.79 Å². The van der Waals surface area contributed by atoms with Crippen LogP contribution in [0.15, 0.2) is 53.5 Å². The van der Waals surface area contributed by atoms with E-state index >= 15 is 0 Å². The molecule has 0 atom stereocenters. The molecule has 5 nitrogen and oxygen atoms in total. The summed E-state index contributed by atoms with van der Waals surface area (Å²) in [7, 11) is 0. The van der Waals surface area contributed by atoms with E-state index < -0.39 is 5.91 Å². The number of guanidine groups is 1. The normalized spacial score (nSPS) is 11.2. The van der Waals surface area contributed by atoms with Gasteiger partial charge in [-0.25, -0.2) is 4.99 Å². The molecule has 0 radical (unpaired) electrons. The predicted octanol–water partition coefficient (Wildman–Crippen LogP) is 2.69. The van der Waals surface area contributed by atoms with Gasteiger partial charge in [0.25, 0.3) is 0 Å². The SMILES string of the molecule is CCNC(=NCc1cccc(C(N)=O)c1)NCc1ccccc1Cl. The minimum Gasteiger partial charge on any atom is -0.366 e. The van der Waals surface area contributed by atoms with Crippen LogP contribution in [0.5, 0.6) is 0 Å².